The van der Waals surface area contributed by atoms with E-state index in [9.17, 15) is 12.8 Å². The van der Waals surface area contributed by atoms with Crippen LogP contribution in [0.25, 0.3) is 0 Å². The zero-order valence-corrected chi connectivity index (χ0v) is 11.5. The van der Waals surface area contributed by atoms with Crippen LogP contribution in [0.5, 0.6) is 0 Å². The third kappa shape index (κ3) is 5.67. The van der Waals surface area contributed by atoms with Gasteiger partial charge in [0.25, 0.3) is 0 Å². The molecule has 1 aromatic rings. The van der Waals surface area contributed by atoms with Gasteiger partial charge in [-0.3, -0.25) is 0 Å². The van der Waals surface area contributed by atoms with Crippen molar-refractivity contribution in [2.24, 2.45) is 0 Å². The van der Waals surface area contributed by atoms with E-state index in [4.69, 9.17) is 0 Å². The molecule has 0 aliphatic heterocycles. The smallest absolute Gasteiger partial charge is 0.212 e. The molecule has 106 valence electrons. The first-order valence-electron chi connectivity index (χ1n) is 6.50. The van der Waals surface area contributed by atoms with Gasteiger partial charge in [-0.05, 0) is 37.0 Å². The van der Waals surface area contributed by atoms with E-state index >= 15 is 0 Å². The Labute approximate surface area is 113 Å². The average Bonchev–Trinajstić information content (AvgIpc) is 3.15. The number of hydrogen-bond acceptors (Lipinski definition) is 3. The van der Waals surface area contributed by atoms with Gasteiger partial charge in [-0.2, -0.15) is 0 Å². The van der Waals surface area contributed by atoms with Crippen LogP contribution in [-0.2, 0) is 16.4 Å². The number of benzene rings is 1. The molecule has 1 aliphatic carbocycles. The Morgan fingerprint density at radius 3 is 2.47 bits per heavy atom. The second-order valence-electron chi connectivity index (χ2n) is 4.82. The van der Waals surface area contributed by atoms with Crippen LogP contribution in [-0.4, -0.2) is 33.3 Å². The minimum Gasteiger partial charge on any atom is -0.313 e. The van der Waals surface area contributed by atoms with Crippen LogP contribution in [0.4, 0.5) is 4.39 Å². The number of nitrogens with one attached hydrogen (secondary N) is 2. The van der Waals surface area contributed by atoms with Gasteiger partial charge in [0.2, 0.25) is 10.0 Å². The summed E-state index contributed by atoms with van der Waals surface area (Å²) < 4.78 is 38.6. The molecule has 1 saturated carbocycles. The largest absolute Gasteiger partial charge is 0.313 e. The van der Waals surface area contributed by atoms with E-state index in [1.54, 1.807) is 12.1 Å². The second kappa shape index (κ2) is 6.45. The van der Waals surface area contributed by atoms with Gasteiger partial charge in [-0.15, -0.1) is 0 Å². The van der Waals surface area contributed by atoms with Crippen LogP contribution in [0, 0.1) is 5.82 Å². The lowest BCUT2D eigenvalue weighted by Crippen LogP contribution is -2.33. The minimum absolute atomic E-state index is 0.104. The first kappa shape index (κ1) is 14.4. The van der Waals surface area contributed by atoms with E-state index in [-0.39, 0.29) is 11.6 Å². The van der Waals surface area contributed by atoms with E-state index in [1.807, 2.05) is 0 Å². The molecule has 4 nitrogen and oxygen atoms in total. The molecule has 1 fully saturated rings. The Bertz CT molecular complexity index is 498. The van der Waals surface area contributed by atoms with E-state index < -0.39 is 10.0 Å². The van der Waals surface area contributed by atoms with Crippen LogP contribution in [0.15, 0.2) is 24.3 Å². The summed E-state index contributed by atoms with van der Waals surface area (Å²) in [6, 6.07) is 6.61. The predicted octanol–water partition coefficient (Wildman–Crippen LogP) is 1.04. The first-order chi connectivity index (χ1) is 9.05. The number of sulfonamides is 1. The molecule has 0 spiro atoms. The molecule has 2 rings (SSSR count). The third-order valence-electron chi connectivity index (χ3n) is 3.03. The summed E-state index contributed by atoms with van der Waals surface area (Å²) in [6.45, 7) is 0.841. The topological polar surface area (TPSA) is 58.2 Å². The van der Waals surface area contributed by atoms with Gasteiger partial charge in [0.15, 0.2) is 0 Å². The minimum atomic E-state index is -3.21. The fraction of sp³-hybridized carbons (Fsp3) is 0.538. The predicted molar refractivity (Wildman–Crippen MR) is 72.9 cm³/mol. The van der Waals surface area contributed by atoms with E-state index in [0.29, 0.717) is 25.6 Å². The molecule has 0 atom stereocenters. The summed E-state index contributed by atoms with van der Waals surface area (Å²) >= 11 is 0. The molecule has 0 aromatic heterocycles. The Balaban J connectivity index is 1.66. The van der Waals surface area contributed by atoms with Crippen molar-refractivity contribution in [2.45, 2.75) is 25.3 Å². The molecule has 1 aliphatic rings. The lowest BCUT2D eigenvalue weighted by atomic mass is 10.1. The monoisotopic (exact) mass is 286 g/mol. The Morgan fingerprint density at radius 2 is 1.84 bits per heavy atom. The number of halogens is 1. The molecule has 19 heavy (non-hydrogen) atoms. The summed E-state index contributed by atoms with van der Waals surface area (Å²) in [5, 5.41) is 3.17. The maximum Gasteiger partial charge on any atom is 0.212 e. The molecule has 0 amide bonds. The van der Waals surface area contributed by atoms with Gasteiger partial charge in [0.1, 0.15) is 5.82 Å². The van der Waals surface area contributed by atoms with Crippen LogP contribution >= 0.6 is 0 Å². The van der Waals surface area contributed by atoms with Gasteiger partial charge in [0, 0.05) is 19.1 Å². The summed E-state index contributed by atoms with van der Waals surface area (Å²) in [7, 11) is -3.21. The van der Waals surface area contributed by atoms with Crippen molar-refractivity contribution in [3.05, 3.63) is 35.6 Å². The standard InChI is InChI=1S/C13H19FN2O2S/c14-12-3-1-11(2-4-12)7-8-16-19(17,18)10-9-15-13-5-6-13/h1-4,13,15-16H,5-10H2. The summed E-state index contributed by atoms with van der Waals surface area (Å²) in [5.41, 5.74) is 0.917. The molecule has 6 heteroatoms. The molecule has 0 unspecified atom stereocenters. The highest BCUT2D eigenvalue weighted by Gasteiger charge is 2.20. The zero-order valence-electron chi connectivity index (χ0n) is 10.7. The molecule has 0 bridgehead atoms. The van der Waals surface area contributed by atoms with Crippen molar-refractivity contribution >= 4 is 10.0 Å². The SMILES string of the molecule is O=S(=O)(CCNC1CC1)NCCc1ccc(F)cc1. The molecular formula is C13H19FN2O2S. The van der Waals surface area contributed by atoms with E-state index in [0.717, 1.165) is 18.4 Å². The molecule has 0 radical (unpaired) electrons. The molecule has 1 aromatic carbocycles. The highest BCUT2D eigenvalue weighted by atomic mass is 32.2. The van der Waals surface area contributed by atoms with Crippen molar-refractivity contribution in [2.75, 3.05) is 18.8 Å². The molecule has 2 N–H and O–H groups in total. The zero-order chi connectivity index (χ0) is 13.7. The Hall–Kier alpha value is -0.980. The first-order valence-corrected chi connectivity index (χ1v) is 8.15. The normalized spacial score (nSPS) is 15.6. The fourth-order valence-electron chi connectivity index (χ4n) is 1.76. The highest BCUT2D eigenvalue weighted by Crippen LogP contribution is 2.17. The molecule has 0 heterocycles. The summed E-state index contributed by atoms with van der Waals surface area (Å²) in [5.74, 6) is -0.178. The molecular weight excluding hydrogens is 267 g/mol. The Kier molecular flexibility index (Phi) is 4.90. The van der Waals surface area contributed by atoms with E-state index in [2.05, 4.69) is 10.0 Å². The summed E-state index contributed by atoms with van der Waals surface area (Å²) in [6.07, 6.45) is 2.87. The number of rotatable bonds is 8. The lowest BCUT2D eigenvalue weighted by Gasteiger charge is -2.07. The fourth-order valence-corrected chi connectivity index (χ4v) is 2.70. The molecule has 0 saturated heterocycles. The van der Waals surface area contributed by atoms with Crippen molar-refractivity contribution in [1.29, 1.82) is 0 Å². The van der Waals surface area contributed by atoms with Crippen molar-refractivity contribution < 1.29 is 12.8 Å². The van der Waals surface area contributed by atoms with Crippen molar-refractivity contribution in [3.63, 3.8) is 0 Å². The van der Waals surface area contributed by atoms with Crippen LogP contribution in [0.1, 0.15) is 18.4 Å². The van der Waals surface area contributed by atoms with Crippen molar-refractivity contribution in [1.82, 2.24) is 10.0 Å². The maximum absolute atomic E-state index is 12.7. The average molecular weight is 286 g/mol. The van der Waals surface area contributed by atoms with Crippen LogP contribution in [0.3, 0.4) is 0 Å². The third-order valence-corrected chi connectivity index (χ3v) is 4.42. The van der Waals surface area contributed by atoms with Gasteiger partial charge >= 0.3 is 0 Å². The maximum atomic E-state index is 12.7. The van der Waals surface area contributed by atoms with Crippen LogP contribution in [0.2, 0.25) is 0 Å². The van der Waals surface area contributed by atoms with Gasteiger partial charge in [0.05, 0.1) is 5.75 Å². The highest BCUT2D eigenvalue weighted by molar-refractivity contribution is 7.89. The van der Waals surface area contributed by atoms with E-state index in [1.165, 1.54) is 12.1 Å². The van der Waals surface area contributed by atoms with Crippen LogP contribution < -0.4 is 10.0 Å². The van der Waals surface area contributed by atoms with Gasteiger partial charge in [-0.1, -0.05) is 12.1 Å². The lowest BCUT2D eigenvalue weighted by molar-refractivity contribution is 0.576. The number of hydrogen-bond donors (Lipinski definition) is 2. The second-order valence-corrected chi connectivity index (χ2v) is 6.74. The van der Waals surface area contributed by atoms with Crippen molar-refractivity contribution in [3.8, 4) is 0 Å². The van der Waals surface area contributed by atoms with Gasteiger partial charge in [-0.25, -0.2) is 17.5 Å². The quantitative estimate of drug-likeness (QED) is 0.751. The van der Waals surface area contributed by atoms with Gasteiger partial charge < -0.3 is 5.32 Å². The Morgan fingerprint density at radius 1 is 1.16 bits per heavy atom. The summed E-state index contributed by atoms with van der Waals surface area (Å²) in [4.78, 5) is 0.